The van der Waals surface area contributed by atoms with Gasteiger partial charge in [0.2, 0.25) is 0 Å². The Balaban J connectivity index is 2.20. The summed E-state index contributed by atoms with van der Waals surface area (Å²) in [4.78, 5) is 0. The molecule has 1 atom stereocenters. The third-order valence-corrected chi connectivity index (χ3v) is 4.73. The smallest absolute Gasteiger partial charge is 0.0499 e. The Morgan fingerprint density at radius 1 is 1.31 bits per heavy atom. The lowest BCUT2D eigenvalue weighted by atomic mass is 10.1. The molecule has 1 aromatic heterocycles. The standard InChI is InChI=1S/C10H11NP2/c1-8-10(12-13-11-8)7-9-5-3-2-4-6-9/h2-6,13H,7H2,1H3. The minimum Gasteiger partial charge on any atom is -0.241 e. The second-order valence-electron chi connectivity index (χ2n) is 3.02. The number of hydrogen-bond acceptors (Lipinski definition) is 1. The summed E-state index contributed by atoms with van der Waals surface area (Å²) in [7, 11) is 2.16. The van der Waals surface area contributed by atoms with Gasteiger partial charge in [0, 0.05) is 17.4 Å². The van der Waals surface area contributed by atoms with Gasteiger partial charge >= 0.3 is 0 Å². The van der Waals surface area contributed by atoms with Gasteiger partial charge in [-0.2, -0.15) is 0 Å². The van der Waals surface area contributed by atoms with Crippen molar-refractivity contribution >= 4 is 15.9 Å². The summed E-state index contributed by atoms with van der Waals surface area (Å²) >= 11 is 0. The first-order valence-corrected chi connectivity index (χ1v) is 6.95. The molecule has 0 saturated carbocycles. The molecule has 0 aliphatic heterocycles. The number of aryl methyl sites for hydroxylation is 1. The van der Waals surface area contributed by atoms with E-state index in [0.717, 1.165) is 14.4 Å². The van der Waals surface area contributed by atoms with Crippen LogP contribution in [-0.4, -0.2) is 4.75 Å². The molecule has 13 heavy (non-hydrogen) atoms. The van der Waals surface area contributed by atoms with Gasteiger partial charge in [0.25, 0.3) is 0 Å². The van der Waals surface area contributed by atoms with E-state index in [4.69, 9.17) is 0 Å². The molecule has 1 nitrogen and oxygen atoms in total. The van der Waals surface area contributed by atoms with Crippen molar-refractivity contribution in [1.82, 2.24) is 4.75 Å². The third kappa shape index (κ3) is 2.18. The predicted molar refractivity (Wildman–Crippen MR) is 60.2 cm³/mol. The average molecular weight is 207 g/mol. The summed E-state index contributed by atoms with van der Waals surface area (Å²) in [6.45, 7) is 2.12. The van der Waals surface area contributed by atoms with Gasteiger partial charge in [-0.1, -0.05) is 30.3 Å². The minimum atomic E-state index is 0.744. The van der Waals surface area contributed by atoms with Gasteiger partial charge in [-0.05, 0) is 28.4 Å². The van der Waals surface area contributed by atoms with Gasteiger partial charge in [-0.3, -0.25) is 0 Å². The van der Waals surface area contributed by atoms with E-state index in [1.54, 1.807) is 0 Å². The lowest BCUT2D eigenvalue weighted by Crippen LogP contribution is -1.85. The first-order valence-electron chi connectivity index (χ1n) is 4.26. The van der Waals surface area contributed by atoms with Crippen LogP contribution in [0.5, 0.6) is 0 Å². The molecule has 2 aromatic rings. The highest BCUT2D eigenvalue weighted by molar-refractivity contribution is 7.89. The van der Waals surface area contributed by atoms with Crippen LogP contribution in [0.15, 0.2) is 30.3 Å². The van der Waals surface area contributed by atoms with Crippen LogP contribution in [0.2, 0.25) is 0 Å². The summed E-state index contributed by atoms with van der Waals surface area (Å²) in [5.74, 6) is 0. The lowest BCUT2D eigenvalue weighted by Gasteiger charge is -1.98. The fourth-order valence-electron chi connectivity index (χ4n) is 1.26. The zero-order valence-electron chi connectivity index (χ0n) is 7.49. The van der Waals surface area contributed by atoms with Crippen molar-refractivity contribution in [3.63, 3.8) is 0 Å². The highest BCUT2D eigenvalue weighted by Crippen LogP contribution is 2.29. The summed E-state index contributed by atoms with van der Waals surface area (Å²) in [6.07, 6.45) is 1.07. The number of nitrogens with zero attached hydrogens (tertiary/aromatic N) is 1. The molecule has 0 aliphatic rings. The molecule has 0 spiro atoms. The fraction of sp³-hybridized carbons (Fsp3) is 0.200. The van der Waals surface area contributed by atoms with Gasteiger partial charge in [-0.15, -0.1) is 0 Å². The lowest BCUT2D eigenvalue weighted by molar-refractivity contribution is 1.17. The van der Waals surface area contributed by atoms with E-state index < -0.39 is 0 Å². The van der Waals surface area contributed by atoms with Crippen LogP contribution in [0.1, 0.15) is 16.6 Å². The summed E-state index contributed by atoms with van der Waals surface area (Å²) < 4.78 is 4.41. The molecule has 2 rings (SSSR count). The van der Waals surface area contributed by atoms with Gasteiger partial charge in [0.15, 0.2) is 0 Å². The van der Waals surface area contributed by atoms with Gasteiger partial charge in [0.05, 0.1) is 0 Å². The number of rotatable bonds is 2. The summed E-state index contributed by atoms with van der Waals surface area (Å²) in [5.41, 5.74) is 2.65. The van der Waals surface area contributed by atoms with Crippen molar-refractivity contribution in [2.75, 3.05) is 0 Å². The number of aromatic nitrogens is 1. The van der Waals surface area contributed by atoms with Gasteiger partial charge < -0.3 is 0 Å². The highest BCUT2D eigenvalue weighted by Gasteiger charge is 2.01. The maximum Gasteiger partial charge on any atom is 0.0499 e. The second kappa shape index (κ2) is 4.05. The zero-order chi connectivity index (χ0) is 9.10. The molecular weight excluding hydrogens is 196 g/mol. The van der Waals surface area contributed by atoms with Gasteiger partial charge in [-0.25, -0.2) is 4.75 Å². The van der Waals surface area contributed by atoms with Crippen LogP contribution in [0.25, 0.3) is 0 Å². The van der Waals surface area contributed by atoms with E-state index in [-0.39, 0.29) is 0 Å². The molecule has 0 aliphatic carbocycles. The minimum absolute atomic E-state index is 0.744. The van der Waals surface area contributed by atoms with Gasteiger partial charge in [0.1, 0.15) is 0 Å². The normalized spacial score (nSPS) is 11.5. The molecule has 0 N–H and O–H groups in total. The molecule has 0 saturated heterocycles. The Bertz CT molecular complexity index is 381. The zero-order valence-corrected chi connectivity index (χ0v) is 9.38. The van der Waals surface area contributed by atoms with Crippen molar-refractivity contribution < 1.29 is 0 Å². The van der Waals surface area contributed by atoms with Crippen molar-refractivity contribution in [2.24, 2.45) is 0 Å². The average Bonchev–Trinajstić information content (AvgIpc) is 2.54. The van der Waals surface area contributed by atoms with E-state index in [1.807, 2.05) is 0 Å². The van der Waals surface area contributed by atoms with Crippen molar-refractivity contribution in [2.45, 2.75) is 13.3 Å². The number of hydrogen-bond donors (Lipinski definition) is 0. The maximum absolute atomic E-state index is 4.41. The predicted octanol–water partition coefficient (Wildman–Crippen LogP) is 3.59. The van der Waals surface area contributed by atoms with Crippen LogP contribution in [0.4, 0.5) is 0 Å². The quantitative estimate of drug-likeness (QED) is 0.733. The molecular formula is C10H11NP2. The molecule has 1 aromatic carbocycles. The van der Waals surface area contributed by atoms with E-state index in [9.17, 15) is 0 Å². The molecule has 3 heteroatoms. The van der Waals surface area contributed by atoms with E-state index in [1.165, 1.54) is 24.4 Å². The molecule has 0 bridgehead atoms. The largest absolute Gasteiger partial charge is 0.241 e. The summed E-state index contributed by atoms with van der Waals surface area (Å²) in [5, 5.41) is 1.49. The van der Waals surface area contributed by atoms with Crippen molar-refractivity contribution in [1.29, 1.82) is 0 Å². The topological polar surface area (TPSA) is 12.9 Å². The fourth-order valence-corrected chi connectivity index (χ4v) is 3.97. The maximum atomic E-state index is 4.41. The van der Waals surface area contributed by atoms with Crippen molar-refractivity contribution in [3.8, 4) is 0 Å². The van der Waals surface area contributed by atoms with E-state index in [0.29, 0.717) is 0 Å². The first-order chi connectivity index (χ1) is 6.36. The van der Waals surface area contributed by atoms with Crippen LogP contribution in [-0.2, 0) is 6.42 Å². The Kier molecular flexibility index (Phi) is 2.78. The SMILES string of the molecule is Cc1n[pH]pc1Cc1ccccc1. The first kappa shape index (κ1) is 8.94. The summed E-state index contributed by atoms with van der Waals surface area (Å²) in [6, 6.07) is 10.6. The van der Waals surface area contributed by atoms with Crippen LogP contribution in [0.3, 0.4) is 0 Å². The third-order valence-electron chi connectivity index (χ3n) is 2.03. The van der Waals surface area contributed by atoms with Crippen LogP contribution >= 0.6 is 15.9 Å². The Morgan fingerprint density at radius 3 is 2.69 bits per heavy atom. The molecule has 1 unspecified atom stereocenters. The molecule has 0 amide bonds. The Labute approximate surface area is 81.4 Å². The number of benzene rings is 1. The van der Waals surface area contributed by atoms with E-state index >= 15 is 0 Å². The Morgan fingerprint density at radius 2 is 2.08 bits per heavy atom. The van der Waals surface area contributed by atoms with E-state index in [2.05, 4.69) is 42.0 Å². The second-order valence-corrected chi connectivity index (χ2v) is 5.48. The van der Waals surface area contributed by atoms with Crippen LogP contribution < -0.4 is 0 Å². The monoisotopic (exact) mass is 207 g/mol. The molecule has 0 radical (unpaired) electrons. The highest BCUT2D eigenvalue weighted by atomic mass is 31.8. The molecule has 1 heterocycles. The Hall–Kier alpha value is -0.640. The van der Waals surface area contributed by atoms with Crippen LogP contribution in [0, 0.1) is 6.92 Å². The van der Waals surface area contributed by atoms with Crippen molar-refractivity contribution in [3.05, 3.63) is 46.9 Å². The molecule has 66 valence electrons. The molecule has 0 fully saturated rings.